The molecule has 4 rings (SSSR count). The van der Waals surface area contributed by atoms with Crippen LogP contribution in [0.25, 0.3) is 0 Å². The number of pyridine rings is 1. The number of hydrogen-bond acceptors (Lipinski definition) is 5. The maximum atomic E-state index is 13.1. The van der Waals surface area contributed by atoms with E-state index >= 15 is 0 Å². The number of aromatic nitrogens is 3. The van der Waals surface area contributed by atoms with Crippen molar-refractivity contribution in [3.05, 3.63) is 47.7 Å². The summed E-state index contributed by atoms with van der Waals surface area (Å²) >= 11 is 0. The summed E-state index contributed by atoms with van der Waals surface area (Å²) < 4.78 is 0. The first kappa shape index (κ1) is 16.0. The van der Waals surface area contributed by atoms with Gasteiger partial charge in [0.25, 0.3) is 5.91 Å². The number of carbonyl (C=O) groups excluding carboxylic acids is 1. The van der Waals surface area contributed by atoms with Crippen molar-refractivity contribution in [2.24, 2.45) is 0 Å². The average Bonchev–Trinajstić information content (AvgIpc) is 3.33. The predicted octanol–water partition coefficient (Wildman–Crippen LogP) is 2.76. The molecule has 2 aromatic rings. The molecule has 4 heterocycles. The zero-order valence-electron chi connectivity index (χ0n) is 14.6. The third-order valence-corrected chi connectivity index (χ3v) is 5.05. The Hall–Kier alpha value is -2.50. The molecule has 25 heavy (non-hydrogen) atoms. The Balaban J connectivity index is 1.58. The fourth-order valence-corrected chi connectivity index (χ4v) is 3.80. The van der Waals surface area contributed by atoms with Gasteiger partial charge in [-0.2, -0.15) is 0 Å². The van der Waals surface area contributed by atoms with E-state index < -0.39 is 0 Å². The van der Waals surface area contributed by atoms with Gasteiger partial charge in [-0.1, -0.05) is 0 Å². The van der Waals surface area contributed by atoms with Crippen molar-refractivity contribution in [2.75, 3.05) is 24.5 Å². The number of aryl methyl sites for hydroxylation is 1. The van der Waals surface area contributed by atoms with Gasteiger partial charge < -0.3 is 9.80 Å². The van der Waals surface area contributed by atoms with Crippen LogP contribution in [-0.4, -0.2) is 45.4 Å². The minimum atomic E-state index is 0.0169. The van der Waals surface area contributed by atoms with Crippen molar-refractivity contribution >= 4 is 11.7 Å². The van der Waals surface area contributed by atoms with Gasteiger partial charge in [-0.3, -0.25) is 14.8 Å². The highest BCUT2D eigenvalue weighted by Crippen LogP contribution is 2.32. The third kappa shape index (κ3) is 3.21. The van der Waals surface area contributed by atoms with E-state index in [0.717, 1.165) is 49.7 Å². The van der Waals surface area contributed by atoms with Gasteiger partial charge in [-0.15, -0.1) is 0 Å². The molecule has 2 fully saturated rings. The molecule has 6 heteroatoms. The molecule has 2 aliphatic heterocycles. The fourth-order valence-electron chi connectivity index (χ4n) is 3.80. The van der Waals surface area contributed by atoms with Gasteiger partial charge in [-0.25, -0.2) is 4.98 Å². The Labute approximate surface area is 147 Å². The van der Waals surface area contributed by atoms with Gasteiger partial charge >= 0.3 is 0 Å². The van der Waals surface area contributed by atoms with E-state index in [9.17, 15) is 4.79 Å². The lowest BCUT2D eigenvalue weighted by Crippen LogP contribution is -2.31. The second-order valence-corrected chi connectivity index (χ2v) is 6.84. The van der Waals surface area contributed by atoms with Crippen LogP contribution in [0.3, 0.4) is 0 Å². The molecule has 1 atom stereocenters. The van der Waals surface area contributed by atoms with Crippen molar-refractivity contribution in [3.63, 3.8) is 0 Å². The molecule has 0 aliphatic carbocycles. The predicted molar refractivity (Wildman–Crippen MR) is 95.5 cm³/mol. The second-order valence-electron chi connectivity index (χ2n) is 6.84. The van der Waals surface area contributed by atoms with Crippen LogP contribution in [0.1, 0.15) is 53.5 Å². The van der Waals surface area contributed by atoms with Crippen LogP contribution in [0.15, 0.2) is 30.7 Å². The summed E-state index contributed by atoms with van der Waals surface area (Å²) in [7, 11) is 0. The molecule has 0 aromatic carbocycles. The van der Waals surface area contributed by atoms with Gasteiger partial charge in [0.1, 0.15) is 5.82 Å². The summed E-state index contributed by atoms with van der Waals surface area (Å²) in [5, 5.41) is 0. The molecule has 0 radical (unpaired) electrons. The fraction of sp³-hybridized carbons (Fsp3) is 0.474. The van der Waals surface area contributed by atoms with E-state index in [0.29, 0.717) is 5.56 Å². The monoisotopic (exact) mass is 337 g/mol. The zero-order chi connectivity index (χ0) is 17.2. The summed E-state index contributed by atoms with van der Waals surface area (Å²) in [6.07, 6.45) is 9.60. The van der Waals surface area contributed by atoms with Crippen LogP contribution in [-0.2, 0) is 0 Å². The van der Waals surface area contributed by atoms with Crippen LogP contribution < -0.4 is 4.90 Å². The van der Waals surface area contributed by atoms with E-state index in [2.05, 4.69) is 19.9 Å². The van der Waals surface area contributed by atoms with Crippen molar-refractivity contribution in [3.8, 4) is 0 Å². The van der Waals surface area contributed by atoms with Crippen LogP contribution in [0, 0.1) is 6.92 Å². The molecule has 6 nitrogen and oxygen atoms in total. The molecule has 0 unspecified atom stereocenters. The SMILES string of the molecule is Cc1cncc([C@H]2CCCN2C(=O)c2ccnc(N3CCCC3)c2)n1. The number of rotatable bonds is 3. The van der Waals surface area contributed by atoms with E-state index in [1.165, 1.54) is 12.8 Å². The average molecular weight is 337 g/mol. The van der Waals surface area contributed by atoms with Crippen molar-refractivity contribution in [1.82, 2.24) is 19.9 Å². The lowest BCUT2D eigenvalue weighted by atomic mass is 10.1. The normalized spacial score (nSPS) is 20.3. The molecule has 130 valence electrons. The minimum absolute atomic E-state index is 0.0169. The molecule has 2 saturated heterocycles. The number of likely N-dealkylation sites (tertiary alicyclic amines) is 1. The Bertz CT molecular complexity index is 772. The van der Waals surface area contributed by atoms with Crippen molar-refractivity contribution in [1.29, 1.82) is 0 Å². The van der Waals surface area contributed by atoms with Crippen molar-refractivity contribution in [2.45, 2.75) is 38.6 Å². The lowest BCUT2D eigenvalue weighted by Gasteiger charge is -2.25. The van der Waals surface area contributed by atoms with Crippen LogP contribution in [0.5, 0.6) is 0 Å². The van der Waals surface area contributed by atoms with E-state index in [1.807, 2.05) is 24.0 Å². The maximum absolute atomic E-state index is 13.1. The Morgan fingerprint density at radius 1 is 1.16 bits per heavy atom. The first-order valence-corrected chi connectivity index (χ1v) is 9.03. The summed E-state index contributed by atoms with van der Waals surface area (Å²) in [4.78, 5) is 30.6. The van der Waals surface area contributed by atoms with Gasteiger partial charge in [0.15, 0.2) is 0 Å². The molecule has 2 aliphatic rings. The highest BCUT2D eigenvalue weighted by Gasteiger charge is 2.32. The first-order chi connectivity index (χ1) is 12.2. The van der Waals surface area contributed by atoms with Gasteiger partial charge in [0, 0.05) is 37.6 Å². The molecule has 2 aromatic heterocycles. The molecule has 0 saturated carbocycles. The molecule has 1 amide bonds. The number of hydrogen-bond donors (Lipinski definition) is 0. The second kappa shape index (κ2) is 6.78. The smallest absolute Gasteiger partial charge is 0.254 e. The standard InChI is InChI=1S/C19H23N5O/c1-14-12-20-13-16(22-14)17-5-4-10-24(17)19(25)15-6-7-21-18(11-15)23-8-2-3-9-23/h6-7,11-13,17H,2-5,8-10H2,1H3/t17-/m1/s1. The van der Waals surface area contributed by atoms with Crippen LogP contribution in [0.4, 0.5) is 5.82 Å². The number of carbonyl (C=O) groups is 1. The molecule has 0 N–H and O–H groups in total. The summed E-state index contributed by atoms with van der Waals surface area (Å²) in [6.45, 7) is 4.75. The summed E-state index contributed by atoms with van der Waals surface area (Å²) in [5.41, 5.74) is 2.49. The number of amides is 1. The van der Waals surface area contributed by atoms with E-state index in [1.54, 1.807) is 18.6 Å². The van der Waals surface area contributed by atoms with E-state index in [4.69, 9.17) is 0 Å². The molecule has 0 bridgehead atoms. The molecular weight excluding hydrogens is 314 g/mol. The summed E-state index contributed by atoms with van der Waals surface area (Å²) in [6, 6.07) is 3.77. The van der Waals surface area contributed by atoms with Gasteiger partial charge in [0.05, 0.1) is 23.6 Å². The Kier molecular flexibility index (Phi) is 4.34. The molecule has 0 spiro atoms. The summed E-state index contributed by atoms with van der Waals surface area (Å²) in [5.74, 6) is 0.975. The highest BCUT2D eigenvalue weighted by molar-refractivity contribution is 5.95. The number of nitrogens with zero attached hydrogens (tertiary/aromatic N) is 5. The lowest BCUT2D eigenvalue weighted by molar-refractivity contribution is 0.0732. The topological polar surface area (TPSA) is 62.2 Å². The maximum Gasteiger partial charge on any atom is 0.254 e. The zero-order valence-corrected chi connectivity index (χ0v) is 14.6. The van der Waals surface area contributed by atoms with Gasteiger partial charge in [0.2, 0.25) is 0 Å². The number of anilines is 1. The molecular formula is C19H23N5O. The largest absolute Gasteiger partial charge is 0.357 e. The van der Waals surface area contributed by atoms with Crippen LogP contribution >= 0.6 is 0 Å². The van der Waals surface area contributed by atoms with Crippen LogP contribution in [0.2, 0.25) is 0 Å². The third-order valence-electron chi connectivity index (χ3n) is 5.05. The quantitative estimate of drug-likeness (QED) is 0.862. The Morgan fingerprint density at radius 3 is 2.80 bits per heavy atom. The Morgan fingerprint density at radius 2 is 2.00 bits per heavy atom. The minimum Gasteiger partial charge on any atom is -0.357 e. The first-order valence-electron chi connectivity index (χ1n) is 9.03. The highest BCUT2D eigenvalue weighted by atomic mass is 16.2. The van der Waals surface area contributed by atoms with E-state index in [-0.39, 0.29) is 11.9 Å². The van der Waals surface area contributed by atoms with Gasteiger partial charge in [-0.05, 0) is 44.7 Å². The van der Waals surface area contributed by atoms with Crippen molar-refractivity contribution < 1.29 is 4.79 Å².